The van der Waals surface area contributed by atoms with Crippen molar-refractivity contribution in [2.75, 3.05) is 13.1 Å². The third kappa shape index (κ3) is 4.48. The fourth-order valence-corrected chi connectivity index (χ4v) is 6.25. The van der Waals surface area contributed by atoms with E-state index in [1.807, 2.05) is 21.7 Å². The maximum absolute atomic E-state index is 13.1. The molecule has 6 nitrogen and oxygen atoms in total. The van der Waals surface area contributed by atoms with Crippen molar-refractivity contribution in [2.45, 2.75) is 82.8 Å². The highest BCUT2D eigenvalue weighted by atomic mass is 32.1. The number of nitrogens with zero attached hydrogens (tertiary/aromatic N) is 3. The summed E-state index contributed by atoms with van der Waals surface area (Å²) in [5.41, 5.74) is 2.85. The summed E-state index contributed by atoms with van der Waals surface area (Å²) in [6, 6.07) is 2.52. The molecule has 7 heteroatoms. The number of hydrogen-bond donors (Lipinski definition) is 1. The number of piperidine rings is 1. The predicted octanol–water partition coefficient (Wildman–Crippen LogP) is 3.82. The van der Waals surface area contributed by atoms with Gasteiger partial charge in [0.15, 0.2) is 0 Å². The van der Waals surface area contributed by atoms with E-state index < -0.39 is 0 Å². The lowest BCUT2D eigenvalue weighted by atomic mass is 9.92. The van der Waals surface area contributed by atoms with Crippen molar-refractivity contribution >= 4 is 17.2 Å². The summed E-state index contributed by atoms with van der Waals surface area (Å²) in [7, 11) is 0. The molecule has 1 saturated heterocycles. The zero-order valence-corrected chi connectivity index (χ0v) is 19.0. The second kappa shape index (κ2) is 9.25. The Labute approximate surface area is 187 Å². The molecule has 2 fully saturated rings. The Morgan fingerprint density at radius 1 is 1.13 bits per heavy atom. The molecule has 1 amide bonds. The van der Waals surface area contributed by atoms with E-state index in [0.29, 0.717) is 18.3 Å². The minimum absolute atomic E-state index is 0.000832. The first-order valence-electron chi connectivity index (χ1n) is 11.9. The van der Waals surface area contributed by atoms with Crippen molar-refractivity contribution in [2.24, 2.45) is 0 Å². The highest BCUT2D eigenvalue weighted by Crippen LogP contribution is 2.31. The molecular formula is C24H32N4O2S. The molecule has 2 aromatic rings. The topological polar surface area (TPSA) is 69.3 Å². The summed E-state index contributed by atoms with van der Waals surface area (Å²) < 4.78 is 0. The Balaban J connectivity index is 1.38. The van der Waals surface area contributed by atoms with Crippen molar-refractivity contribution in [3.63, 3.8) is 0 Å². The van der Waals surface area contributed by atoms with E-state index in [4.69, 9.17) is 4.98 Å². The number of H-pyrrole nitrogens is 1. The van der Waals surface area contributed by atoms with Crippen molar-refractivity contribution in [3.05, 3.63) is 49.8 Å². The molecule has 1 aliphatic carbocycles. The number of carbonyl (C=O) groups excluding carboxylic acids is 1. The number of likely N-dealkylation sites (tertiary alicyclic amines) is 1. The van der Waals surface area contributed by atoms with Gasteiger partial charge in [-0.15, -0.1) is 0 Å². The number of nitrogens with one attached hydrogen (secondary N) is 1. The van der Waals surface area contributed by atoms with Crippen LogP contribution in [-0.2, 0) is 24.2 Å². The number of fused-ring (bicyclic) bond motifs is 1. The summed E-state index contributed by atoms with van der Waals surface area (Å²) in [6.45, 7) is 2.46. The van der Waals surface area contributed by atoms with Gasteiger partial charge < -0.3 is 9.88 Å². The Bertz CT molecular complexity index is 964. The first-order valence-corrected chi connectivity index (χ1v) is 12.8. The SMILES string of the molecule is O=C(Cc1ccsc1)N1CCCC[C@@H]1c1nc2c(c(=O)[nH]1)CCN(C1CCCCC1)C2. The summed E-state index contributed by atoms with van der Waals surface area (Å²) in [4.78, 5) is 38.6. The maximum atomic E-state index is 13.1. The molecule has 0 bridgehead atoms. The Kier molecular flexibility index (Phi) is 6.23. The zero-order chi connectivity index (χ0) is 21.2. The van der Waals surface area contributed by atoms with Crippen LogP contribution < -0.4 is 5.56 Å². The second-order valence-electron chi connectivity index (χ2n) is 9.30. The minimum Gasteiger partial charge on any atom is -0.332 e. The van der Waals surface area contributed by atoms with Crippen LogP contribution in [0, 0.1) is 0 Å². The van der Waals surface area contributed by atoms with Crippen molar-refractivity contribution in [1.82, 2.24) is 19.8 Å². The van der Waals surface area contributed by atoms with Crippen LogP contribution in [0.1, 0.15) is 80.1 Å². The average Bonchev–Trinajstić information content (AvgIpc) is 3.32. The first-order chi connectivity index (χ1) is 15.2. The zero-order valence-electron chi connectivity index (χ0n) is 18.1. The number of aromatic nitrogens is 2. The molecular weight excluding hydrogens is 408 g/mol. The van der Waals surface area contributed by atoms with Gasteiger partial charge in [0.05, 0.1) is 18.2 Å². The molecule has 0 spiro atoms. The number of thiophene rings is 1. The van der Waals surface area contributed by atoms with Crippen molar-refractivity contribution in [3.8, 4) is 0 Å². The van der Waals surface area contributed by atoms with Crippen LogP contribution >= 0.6 is 11.3 Å². The van der Waals surface area contributed by atoms with Gasteiger partial charge in [-0.25, -0.2) is 4.98 Å². The Hall–Kier alpha value is -1.99. The van der Waals surface area contributed by atoms with Gasteiger partial charge in [0.1, 0.15) is 5.82 Å². The fraction of sp³-hybridized carbons (Fsp3) is 0.625. The van der Waals surface area contributed by atoms with E-state index in [1.54, 1.807) is 11.3 Å². The molecule has 4 heterocycles. The fourth-order valence-electron chi connectivity index (χ4n) is 5.58. The summed E-state index contributed by atoms with van der Waals surface area (Å²) in [5, 5.41) is 4.05. The van der Waals surface area contributed by atoms with Gasteiger partial charge in [-0.05, 0) is 60.9 Å². The third-order valence-corrected chi connectivity index (χ3v) is 8.02. The molecule has 0 aromatic carbocycles. The normalized spacial score (nSPS) is 23.0. The number of hydrogen-bond acceptors (Lipinski definition) is 5. The van der Waals surface area contributed by atoms with Gasteiger partial charge in [-0.1, -0.05) is 19.3 Å². The van der Waals surface area contributed by atoms with Crippen LogP contribution in [0.15, 0.2) is 21.6 Å². The summed E-state index contributed by atoms with van der Waals surface area (Å²) in [5.74, 6) is 0.819. The van der Waals surface area contributed by atoms with Crippen LogP contribution in [0.5, 0.6) is 0 Å². The maximum Gasteiger partial charge on any atom is 0.254 e. The third-order valence-electron chi connectivity index (χ3n) is 7.29. The molecule has 166 valence electrons. The van der Waals surface area contributed by atoms with Gasteiger partial charge in [0.25, 0.3) is 5.56 Å². The van der Waals surface area contributed by atoms with E-state index in [1.165, 1.54) is 32.1 Å². The molecule has 5 rings (SSSR count). The van der Waals surface area contributed by atoms with Gasteiger partial charge in [-0.2, -0.15) is 11.3 Å². The molecule has 3 aliphatic rings. The molecule has 1 saturated carbocycles. The molecule has 1 atom stereocenters. The molecule has 1 N–H and O–H groups in total. The van der Waals surface area contributed by atoms with Crippen LogP contribution in [0.25, 0.3) is 0 Å². The smallest absolute Gasteiger partial charge is 0.254 e. The Morgan fingerprint density at radius 3 is 2.77 bits per heavy atom. The van der Waals surface area contributed by atoms with E-state index >= 15 is 0 Å². The molecule has 0 unspecified atom stereocenters. The predicted molar refractivity (Wildman–Crippen MR) is 122 cm³/mol. The van der Waals surface area contributed by atoms with Crippen LogP contribution in [0.3, 0.4) is 0 Å². The lowest BCUT2D eigenvalue weighted by Gasteiger charge is -2.38. The summed E-state index contributed by atoms with van der Waals surface area (Å²) >= 11 is 1.62. The highest BCUT2D eigenvalue weighted by Gasteiger charge is 2.32. The monoisotopic (exact) mass is 440 g/mol. The Morgan fingerprint density at radius 2 is 1.97 bits per heavy atom. The number of amides is 1. The quantitative estimate of drug-likeness (QED) is 0.785. The highest BCUT2D eigenvalue weighted by molar-refractivity contribution is 7.08. The molecule has 0 radical (unpaired) electrons. The lowest BCUT2D eigenvalue weighted by molar-refractivity contribution is -0.134. The van der Waals surface area contributed by atoms with Gasteiger partial charge in [0, 0.05) is 31.2 Å². The van der Waals surface area contributed by atoms with E-state index in [2.05, 4.69) is 9.88 Å². The molecule has 31 heavy (non-hydrogen) atoms. The van der Waals surface area contributed by atoms with E-state index in [-0.39, 0.29) is 17.5 Å². The lowest BCUT2D eigenvalue weighted by Crippen LogP contribution is -2.44. The number of aromatic amines is 1. The largest absolute Gasteiger partial charge is 0.332 e. The van der Waals surface area contributed by atoms with Gasteiger partial charge in [-0.3, -0.25) is 14.5 Å². The second-order valence-corrected chi connectivity index (χ2v) is 10.1. The van der Waals surface area contributed by atoms with Crippen LogP contribution in [-0.4, -0.2) is 44.8 Å². The van der Waals surface area contributed by atoms with Crippen LogP contribution in [0.2, 0.25) is 0 Å². The molecule has 2 aromatic heterocycles. The van der Waals surface area contributed by atoms with Crippen molar-refractivity contribution in [1.29, 1.82) is 0 Å². The minimum atomic E-state index is -0.122. The summed E-state index contributed by atoms with van der Waals surface area (Å²) in [6.07, 6.45) is 10.6. The first kappa shape index (κ1) is 20.9. The number of rotatable bonds is 4. The van der Waals surface area contributed by atoms with Gasteiger partial charge >= 0.3 is 0 Å². The van der Waals surface area contributed by atoms with Crippen LogP contribution in [0.4, 0.5) is 0 Å². The van der Waals surface area contributed by atoms with E-state index in [0.717, 1.165) is 62.1 Å². The number of carbonyl (C=O) groups is 1. The average molecular weight is 441 g/mol. The van der Waals surface area contributed by atoms with Gasteiger partial charge in [0.2, 0.25) is 5.91 Å². The van der Waals surface area contributed by atoms with Crippen molar-refractivity contribution < 1.29 is 4.79 Å². The molecule has 2 aliphatic heterocycles. The van der Waals surface area contributed by atoms with E-state index in [9.17, 15) is 9.59 Å². The standard InChI is InChI=1S/C24H32N4O2S/c29-22(14-17-10-13-31-16-17)28-11-5-4-8-21(28)23-25-20-15-27(18-6-2-1-3-7-18)12-9-19(20)24(30)26-23/h10,13,16,18,21H,1-9,11-12,14-15H2,(H,25,26,30)/t21-/m1/s1.